The van der Waals surface area contributed by atoms with Crippen molar-refractivity contribution < 1.29 is 14.4 Å². The fourth-order valence-electron chi connectivity index (χ4n) is 1.83. The molecule has 1 aromatic heterocycles. The lowest BCUT2D eigenvalue weighted by molar-refractivity contribution is -0.115. The number of urea groups is 1. The second-order valence-corrected chi connectivity index (χ2v) is 4.75. The summed E-state index contributed by atoms with van der Waals surface area (Å²) in [7, 11) is 1.54. The van der Waals surface area contributed by atoms with E-state index in [0.29, 0.717) is 16.9 Å². The molecule has 0 aliphatic heterocycles. The number of carbonyl (C=O) groups excluding carboxylic acids is 3. The molecule has 8 nitrogen and oxygen atoms in total. The maximum Gasteiger partial charge on any atom is 0.319 e. The van der Waals surface area contributed by atoms with Crippen LogP contribution in [-0.2, 0) is 4.79 Å². The highest BCUT2D eigenvalue weighted by Gasteiger charge is 2.07. The molecule has 0 saturated heterocycles. The van der Waals surface area contributed by atoms with E-state index < -0.39 is 6.03 Å². The van der Waals surface area contributed by atoms with Crippen LogP contribution in [0, 0.1) is 0 Å². The number of amides is 4. The zero-order valence-corrected chi connectivity index (χ0v) is 13.0. The minimum absolute atomic E-state index is 0.183. The molecular weight excluding hydrogens is 310 g/mol. The van der Waals surface area contributed by atoms with Crippen LogP contribution in [0.4, 0.5) is 16.2 Å². The number of rotatable bonds is 5. The molecule has 124 valence electrons. The maximum atomic E-state index is 11.8. The van der Waals surface area contributed by atoms with E-state index in [-0.39, 0.29) is 18.4 Å². The van der Waals surface area contributed by atoms with Crippen LogP contribution in [0.15, 0.2) is 48.8 Å². The quantitative estimate of drug-likeness (QED) is 0.661. The highest BCUT2D eigenvalue weighted by Crippen LogP contribution is 2.09. The zero-order chi connectivity index (χ0) is 17.4. The molecule has 0 spiro atoms. The molecular formula is C16H17N5O3. The van der Waals surface area contributed by atoms with Crippen LogP contribution in [0.2, 0.25) is 0 Å². The van der Waals surface area contributed by atoms with Gasteiger partial charge in [-0.3, -0.25) is 14.6 Å². The Kier molecular flexibility index (Phi) is 5.84. The van der Waals surface area contributed by atoms with Crippen LogP contribution >= 0.6 is 0 Å². The lowest BCUT2D eigenvalue weighted by atomic mass is 10.2. The summed E-state index contributed by atoms with van der Waals surface area (Å²) >= 11 is 0. The van der Waals surface area contributed by atoms with Gasteiger partial charge in [-0.05, 0) is 36.4 Å². The third-order valence-electron chi connectivity index (χ3n) is 2.99. The first-order valence-electron chi connectivity index (χ1n) is 7.15. The highest BCUT2D eigenvalue weighted by molar-refractivity contribution is 5.97. The van der Waals surface area contributed by atoms with E-state index in [1.807, 2.05) is 0 Å². The normalized spacial score (nSPS) is 9.71. The van der Waals surface area contributed by atoms with Crippen molar-refractivity contribution >= 4 is 29.2 Å². The van der Waals surface area contributed by atoms with Gasteiger partial charge in [0.25, 0.3) is 5.91 Å². The molecule has 4 N–H and O–H groups in total. The van der Waals surface area contributed by atoms with E-state index in [4.69, 9.17) is 0 Å². The summed E-state index contributed by atoms with van der Waals surface area (Å²) in [5.74, 6) is -0.578. The number of aromatic nitrogens is 1. The molecule has 1 heterocycles. The van der Waals surface area contributed by atoms with Crippen molar-refractivity contribution in [2.24, 2.45) is 0 Å². The van der Waals surface area contributed by atoms with Gasteiger partial charge in [-0.2, -0.15) is 0 Å². The molecule has 8 heteroatoms. The number of benzene rings is 1. The van der Waals surface area contributed by atoms with Gasteiger partial charge in [-0.15, -0.1) is 0 Å². The largest absolute Gasteiger partial charge is 0.355 e. The zero-order valence-electron chi connectivity index (χ0n) is 13.0. The first kappa shape index (κ1) is 16.9. The Morgan fingerprint density at radius 3 is 2.38 bits per heavy atom. The van der Waals surface area contributed by atoms with E-state index in [2.05, 4.69) is 26.3 Å². The Hall–Kier alpha value is -3.42. The number of hydrogen-bond acceptors (Lipinski definition) is 4. The second kappa shape index (κ2) is 8.28. The van der Waals surface area contributed by atoms with Gasteiger partial charge in [0, 0.05) is 24.5 Å². The molecule has 24 heavy (non-hydrogen) atoms. The average Bonchev–Trinajstić information content (AvgIpc) is 2.61. The van der Waals surface area contributed by atoms with Gasteiger partial charge in [0.05, 0.1) is 18.4 Å². The highest BCUT2D eigenvalue weighted by atomic mass is 16.2. The summed E-state index contributed by atoms with van der Waals surface area (Å²) in [4.78, 5) is 38.7. The van der Waals surface area contributed by atoms with E-state index in [9.17, 15) is 14.4 Å². The Labute approximate surface area is 138 Å². The molecule has 2 aromatic rings. The Morgan fingerprint density at radius 2 is 1.75 bits per heavy atom. The van der Waals surface area contributed by atoms with Gasteiger partial charge < -0.3 is 21.3 Å². The number of pyridine rings is 1. The van der Waals surface area contributed by atoms with Crippen LogP contribution in [0.3, 0.4) is 0 Å². The molecule has 0 atom stereocenters. The number of anilines is 2. The number of nitrogens with one attached hydrogen (secondary N) is 4. The Morgan fingerprint density at radius 1 is 1.00 bits per heavy atom. The SMILES string of the molecule is CNC(=O)c1ccc(NC(=O)NCC(=O)Nc2cccnc2)cc1. The minimum Gasteiger partial charge on any atom is -0.355 e. The Bertz CT molecular complexity index is 716. The van der Waals surface area contributed by atoms with Crippen LogP contribution in [0.1, 0.15) is 10.4 Å². The third kappa shape index (κ3) is 5.09. The van der Waals surface area contributed by atoms with Crippen LogP contribution < -0.4 is 21.3 Å². The summed E-state index contributed by atoms with van der Waals surface area (Å²) in [6, 6.07) is 9.23. The fraction of sp³-hybridized carbons (Fsp3) is 0.125. The number of nitrogens with zero attached hydrogens (tertiary/aromatic N) is 1. The molecule has 0 aliphatic rings. The second-order valence-electron chi connectivity index (χ2n) is 4.75. The predicted octanol–water partition coefficient (Wildman–Crippen LogP) is 1.20. The average molecular weight is 327 g/mol. The van der Waals surface area contributed by atoms with Gasteiger partial charge in [-0.1, -0.05) is 0 Å². The van der Waals surface area contributed by atoms with Gasteiger partial charge in [-0.25, -0.2) is 4.79 Å². The van der Waals surface area contributed by atoms with E-state index in [1.54, 1.807) is 49.6 Å². The molecule has 1 aromatic carbocycles. The molecule has 4 amide bonds. The van der Waals surface area contributed by atoms with Crippen molar-refractivity contribution in [1.29, 1.82) is 0 Å². The van der Waals surface area contributed by atoms with Crippen molar-refractivity contribution in [1.82, 2.24) is 15.6 Å². The van der Waals surface area contributed by atoms with E-state index >= 15 is 0 Å². The lowest BCUT2D eigenvalue weighted by Crippen LogP contribution is -2.35. The van der Waals surface area contributed by atoms with Crippen LogP contribution in [-0.4, -0.2) is 36.4 Å². The summed E-state index contributed by atoms with van der Waals surface area (Å²) in [5.41, 5.74) is 1.54. The van der Waals surface area contributed by atoms with Gasteiger partial charge >= 0.3 is 6.03 Å². The van der Waals surface area contributed by atoms with Crippen molar-refractivity contribution in [3.05, 3.63) is 54.4 Å². The van der Waals surface area contributed by atoms with Crippen LogP contribution in [0.25, 0.3) is 0 Å². The third-order valence-corrected chi connectivity index (χ3v) is 2.99. The van der Waals surface area contributed by atoms with Crippen molar-refractivity contribution in [2.45, 2.75) is 0 Å². The van der Waals surface area contributed by atoms with Crippen LogP contribution in [0.5, 0.6) is 0 Å². The predicted molar refractivity (Wildman–Crippen MR) is 89.7 cm³/mol. The molecule has 0 unspecified atom stereocenters. The molecule has 0 bridgehead atoms. The standard InChI is InChI=1S/C16H17N5O3/c1-17-15(23)11-4-6-12(7-5-11)21-16(24)19-10-14(22)20-13-3-2-8-18-9-13/h2-9H,10H2,1H3,(H,17,23)(H,20,22)(H2,19,21,24). The monoisotopic (exact) mass is 327 g/mol. The first-order chi connectivity index (χ1) is 11.6. The molecule has 0 fully saturated rings. The smallest absolute Gasteiger partial charge is 0.319 e. The Balaban J connectivity index is 1.78. The van der Waals surface area contributed by atoms with E-state index in [1.165, 1.54) is 6.20 Å². The summed E-state index contributed by atoms with van der Waals surface area (Å²) < 4.78 is 0. The summed E-state index contributed by atoms with van der Waals surface area (Å²) in [6.45, 7) is -0.183. The molecule has 2 rings (SSSR count). The molecule has 0 aliphatic carbocycles. The van der Waals surface area contributed by atoms with Gasteiger partial charge in [0.2, 0.25) is 5.91 Å². The summed E-state index contributed by atoms with van der Waals surface area (Å²) in [5, 5.41) is 10.1. The lowest BCUT2D eigenvalue weighted by Gasteiger charge is -2.08. The number of carbonyl (C=O) groups is 3. The first-order valence-corrected chi connectivity index (χ1v) is 7.15. The van der Waals surface area contributed by atoms with E-state index in [0.717, 1.165) is 0 Å². The maximum absolute atomic E-state index is 11.8. The molecule has 0 radical (unpaired) electrons. The fourth-order valence-corrected chi connectivity index (χ4v) is 1.83. The van der Waals surface area contributed by atoms with Gasteiger partial charge in [0.1, 0.15) is 0 Å². The van der Waals surface area contributed by atoms with Crippen molar-refractivity contribution in [3.8, 4) is 0 Å². The van der Waals surface area contributed by atoms with Gasteiger partial charge in [0.15, 0.2) is 0 Å². The van der Waals surface area contributed by atoms with Crippen molar-refractivity contribution in [3.63, 3.8) is 0 Å². The molecule has 0 saturated carbocycles. The topological polar surface area (TPSA) is 112 Å². The minimum atomic E-state index is -0.524. The number of hydrogen-bond donors (Lipinski definition) is 4. The summed E-state index contributed by atoms with van der Waals surface area (Å²) in [6.07, 6.45) is 3.10. The van der Waals surface area contributed by atoms with Crippen molar-refractivity contribution in [2.75, 3.05) is 24.2 Å².